The van der Waals surface area contributed by atoms with Crippen LogP contribution in [-0.2, 0) is 9.48 Å². The predicted octanol–water partition coefficient (Wildman–Crippen LogP) is 5.75. The first-order valence-corrected chi connectivity index (χ1v) is 9.74. The topological polar surface area (TPSA) is 9.23 Å². The van der Waals surface area contributed by atoms with Crippen LogP contribution in [0, 0.1) is 0 Å². The maximum Gasteiger partial charge on any atom is 0.0907 e. The summed E-state index contributed by atoms with van der Waals surface area (Å²) in [5, 5.41) is 0. The molecule has 0 aromatic heterocycles. The van der Waals surface area contributed by atoms with Crippen LogP contribution < -0.4 is 0 Å². The standard InChI is InChI=1S/C23H24OS/c1-2-24-18-19-25-23(20-12-6-3-7-13-20,21-14-8-4-9-15-21)22-16-10-5-11-17-22/h3-17H,2,18-19H2,1H3. The van der Waals surface area contributed by atoms with E-state index in [4.69, 9.17) is 4.74 Å². The summed E-state index contributed by atoms with van der Waals surface area (Å²) in [5.74, 6) is 0.937. The van der Waals surface area contributed by atoms with Crippen molar-refractivity contribution < 1.29 is 4.74 Å². The summed E-state index contributed by atoms with van der Waals surface area (Å²) in [5.41, 5.74) is 3.90. The number of hydrogen-bond acceptors (Lipinski definition) is 2. The Morgan fingerprint density at radius 3 is 1.44 bits per heavy atom. The number of ether oxygens (including phenoxy) is 1. The van der Waals surface area contributed by atoms with Gasteiger partial charge in [0.15, 0.2) is 0 Å². The third-order valence-electron chi connectivity index (χ3n) is 4.29. The van der Waals surface area contributed by atoms with E-state index in [-0.39, 0.29) is 4.75 Å². The Morgan fingerprint density at radius 1 is 0.680 bits per heavy atom. The summed E-state index contributed by atoms with van der Waals surface area (Å²) < 4.78 is 5.38. The van der Waals surface area contributed by atoms with Gasteiger partial charge >= 0.3 is 0 Å². The summed E-state index contributed by atoms with van der Waals surface area (Å²) in [6.07, 6.45) is 0. The van der Waals surface area contributed by atoms with Crippen LogP contribution in [0.15, 0.2) is 91.0 Å². The van der Waals surface area contributed by atoms with Gasteiger partial charge in [0, 0.05) is 12.4 Å². The van der Waals surface area contributed by atoms with Gasteiger partial charge in [0.05, 0.1) is 11.4 Å². The zero-order chi connectivity index (χ0) is 17.4. The fourth-order valence-corrected chi connectivity index (χ4v) is 4.58. The van der Waals surface area contributed by atoms with E-state index in [0.717, 1.165) is 19.0 Å². The van der Waals surface area contributed by atoms with Crippen LogP contribution in [0.25, 0.3) is 0 Å². The quantitative estimate of drug-likeness (QED) is 0.379. The van der Waals surface area contributed by atoms with Crippen molar-refractivity contribution in [1.29, 1.82) is 0 Å². The maximum absolute atomic E-state index is 5.62. The Labute approximate surface area is 155 Å². The van der Waals surface area contributed by atoms with Gasteiger partial charge < -0.3 is 4.74 Å². The molecule has 0 unspecified atom stereocenters. The van der Waals surface area contributed by atoms with E-state index in [2.05, 4.69) is 91.0 Å². The highest BCUT2D eigenvalue weighted by Crippen LogP contribution is 2.48. The van der Waals surface area contributed by atoms with Crippen LogP contribution in [0.4, 0.5) is 0 Å². The fourth-order valence-electron chi connectivity index (χ4n) is 3.17. The SMILES string of the molecule is CCOCCSC(c1ccccc1)(c1ccccc1)c1ccccc1. The average Bonchev–Trinajstić information content (AvgIpc) is 2.70. The van der Waals surface area contributed by atoms with Crippen LogP contribution in [0.5, 0.6) is 0 Å². The molecular weight excluding hydrogens is 324 g/mol. The van der Waals surface area contributed by atoms with Crippen molar-refractivity contribution in [1.82, 2.24) is 0 Å². The second kappa shape index (κ2) is 8.89. The summed E-state index contributed by atoms with van der Waals surface area (Å²) in [7, 11) is 0. The molecule has 128 valence electrons. The van der Waals surface area contributed by atoms with E-state index in [1.54, 1.807) is 0 Å². The van der Waals surface area contributed by atoms with Gasteiger partial charge in [-0.25, -0.2) is 0 Å². The van der Waals surface area contributed by atoms with Gasteiger partial charge in [-0.15, -0.1) is 11.8 Å². The molecular formula is C23H24OS. The van der Waals surface area contributed by atoms with Gasteiger partial charge in [-0.1, -0.05) is 91.0 Å². The predicted molar refractivity (Wildman–Crippen MR) is 108 cm³/mol. The van der Waals surface area contributed by atoms with Crippen molar-refractivity contribution in [3.05, 3.63) is 108 Å². The van der Waals surface area contributed by atoms with Crippen LogP contribution >= 0.6 is 11.8 Å². The molecule has 0 amide bonds. The first-order valence-electron chi connectivity index (χ1n) is 8.76. The molecule has 0 atom stereocenters. The molecule has 25 heavy (non-hydrogen) atoms. The lowest BCUT2D eigenvalue weighted by Gasteiger charge is -2.35. The van der Waals surface area contributed by atoms with Crippen LogP contribution in [0.2, 0.25) is 0 Å². The maximum atomic E-state index is 5.62. The van der Waals surface area contributed by atoms with E-state index in [1.807, 2.05) is 18.7 Å². The average molecular weight is 349 g/mol. The van der Waals surface area contributed by atoms with E-state index in [0.29, 0.717) is 0 Å². The van der Waals surface area contributed by atoms with Crippen molar-refractivity contribution in [3.63, 3.8) is 0 Å². The van der Waals surface area contributed by atoms with Crippen molar-refractivity contribution in [2.45, 2.75) is 11.7 Å². The molecule has 2 heteroatoms. The molecule has 0 aliphatic rings. The Morgan fingerprint density at radius 2 is 1.08 bits per heavy atom. The van der Waals surface area contributed by atoms with Gasteiger partial charge in [0.25, 0.3) is 0 Å². The Kier molecular flexibility index (Phi) is 6.32. The van der Waals surface area contributed by atoms with Crippen molar-refractivity contribution in [2.75, 3.05) is 19.0 Å². The first kappa shape index (κ1) is 17.8. The molecule has 3 aromatic rings. The molecule has 0 fully saturated rings. The van der Waals surface area contributed by atoms with E-state index < -0.39 is 0 Å². The molecule has 3 rings (SSSR count). The van der Waals surface area contributed by atoms with Gasteiger partial charge in [-0.2, -0.15) is 0 Å². The van der Waals surface area contributed by atoms with Crippen molar-refractivity contribution in [2.24, 2.45) is 0 Å². The Hall–Kier alpha value is -2.03. The third-order valence-corrected chi connectivity index (χ3v) is 5.80. The zero-order valence-corrected chi connectivity index (χ0v) is 15.4. The first-order chi connectivity index (χ1) is 12.4. The number of rotatable bonds is 8. The molecule has 3 aromatic carbocycles. The zero-order valence-electron chi connectivity index (χ0n) is 14.6. The summed E-state index contributed by atoms with van der Waals surface area (Å²) in [4.78, 5) is 0. The number of thioether (sulfide) groups is 1. The van der Waals surface area contributed by atoms with Gasteiger partial charge in [-0.05, 0) is 23.6 Å². The Bertz CT molecular complexity index is 644. The fraction of sp³-hybridized carbons (Fsp3) is 0.217. The highest BCUT2D eigenvalue weighted by molar-refractivity contribution is 8.00. The minimum Gasteiger partial charge on any atom is -0.381 e. The molecule has 0 spiro atoms. The smallest absolute Gasteiger partial charge is 0.0907 e. The summed E-state index contributed by atoms with van der Waals surface area (Å²) >= 11 is 1.94. The molecule has 1 nitrogen and oxygen atoms in total. The number of hydrogen-bond donors (Lipinski definition) is 0. The lowest BCUT2D eigenvalue weighted by molar-refractivity contribution is 0.164. The summed E-state index contributed by atoms with van der Waals surface area (Å²) in [6.45, 7) is 3.56. The van der Waals surface area contributed by atoms with Crippen LogP contribution in [0.1, 0.15) is 23.6 Å². The largest absolute Gasteiger partial charge is 0.381 e. The van der Waals surface area contributed by atoms with E-state index in [1.165, 1.54) is 16.7 Å². The molecule has 0 aliphatic heterocycles. The van der Waals surface area contributed by atoms with Crippen LogP contribution in [0.3, 0.4) is 0 Å². The van der Waals surface area contributed by atoms with E-state index in [9.17, 15) is 0 Å². The summed E-state index contributed by atoms with van der Waals surface area (Å²) in [6, 6.07) is 32.4. The van der Waals surface area contributed by atoms with Crippen molar-refractivity contribution in [3.8, 4) is 0 Å². The molecule has 0 saturated carbocycles. The highest BCUT2D eigenvalue weighted by Gasteiger charge is 2.36. The van der Waals surface area contributed by atoms with Gasteiger partial charge in [0.1, 0.15) is 0 Å². The molecule has 0 saturated heterocycles. The highest BCUT2D eigenvalue weighted by atomic mass is 32.2. The normalized spacial score (nSPS) is 11.4. The molecule has 0 N–H and O–H groups in total. The number of benzene rings is 3. The van der Waals surface area contributed by atoms with Crippen LogP contribution in [-0.4, -0.2) is 19.0 Å². The molecule has 0 radical (unpaired) electrons. The molecule has 0 aliphatic carbocycles. The lowest BCUT2D eigenvalue weighted by atomic mass is 9.84. The monoisotopic (exact) mass is 348 g/mol. The molecule has 0 heterocycles. The minimum atomic E-state index is -0.235. The second-order valence-corrected chi connectivity index (χ2v) is 7.13. The third kappa shape index (κ3) is 3.97. The minimum absolute atomic E-state index is 0.235. The lowest BCUT2D eigenvalue weighted by Crippen LogP contribution is -2.26. The second-order valence-electron chi connectivity index (χ2n) is 5.82. The Balaban J connectivity index is 2.13. The van der Waals surface area contributed by atoms with E-state index >= 15 is 0 Å². The van der Waals surface area contributed by atoms with Crippen molar-refractivity contribution >= 4 is 11.8 Å². The van der Waals surface area contributed by atoms with Gasteiger partial charge in [-0.3, -0.25) is 0 Å². The molecule has 0 bridgehead atoms. The van der Waals surface area contributed by atoms with Gasteiger partial charge in [0.2, 0.25) is 0 Å².